The largest absolute Gasteiger partial charge is 0.481 e. The Kier molecular flexibility index (Phi) is 39.3. The second kappa shape index (κ2) is 52.2. The Labute approximate surface area is 852 Å². The first-order valence-electron chi connectivity index (χ1n) is 50.7. The average molecular weight is 2010 g/mol. The van der Waals surface area contributed by atoms with Gasteiger partial charge in [-0.1, -0.05) is 68.1 Å². The normalized spacial score (nSPS) is 17.5. The molecular formula is C110H141N17O19. The summed E-state index contributed by atoms with van der Waals surface area (Å²) >= 11 is 0. The Morgan fingerprint density at radius 1 is 0.466 bits per heavy atom. The van der Waals surface area contributed by atoms with Crippen molar-refractivity contribution in [2.45, 2.75) is 190 Å². The minimum atomic E-state index is -1.03. The van der Waals surface area contributed by atoms with Crippen molar-refractivity contribution in [3.8, 4) is 22.3 Å². The number of H-pyrrole nitrogens is 2. The average Bonchev–Trinajstić information content (AvgIpc) is 1.56. The highest BCUT2D eigenvalue weighted by molar-refractivity contribution is 6.27. The second-order valence-electron chi connectivity index (χ2n) is 38.2. The third-order valence-electron chi connectivity index (χ3n) is 28.4. The van der Waals surface area contributed by atoms with E-state index >= 15 is 0 Å². The SMILES string of the molecule is C.CCN(c1cc(-c2ccc(CN3CCN(CCCC(=O)CCOCCNc4cccc5c4C(=O)N(C4CCC(=O)NC4=O)C5=O)CC3)cc2)cc(C(=O)NCc2c(C)cc(C)[nH]c2=O)c1C)C1CCOCC1.CCN(c1cc(-c2ccc(CN3CCN(CCN)CC3)cc2)cc(C(=O)NCc2c(C)cc(C)[nH]c2=O)c1C)C1CCOCC1.O=C(O)CCOCCNc1cccc2c1C(=O)N(C1CCC(=O)NC1=O)C2=O. The Balaban J connectivity index is 0.000000204. The smallest absolute Gasteiger partial charge is 0.305 e. The summed E-state index contributed by atoms with van der Waals surface area (Å²) in [6.07, 6.45) is 5.54. The van der Waals surface area contributed by atoms with Crippen LogP contribution in [-0.2, 0) is 73.9 Å². The number of carboxylic acids is 1. The molecule has 6 fully saturated rings. The molecule has 0 radical (unpaired) electrons. The van der Waals surface area contributed by atoms with Crippen LogP contribution in [0.2, 0.25) is 0 Å². The number of carbonyl (C=O) groups is 12. The first-order chi connectivity index (χ1) is 69.9. The first-order valence-corrected chi connectivity index (χ1v) is 50.7. The highest BCUT2D eigenvalue weighted by Gasteiger charge is 2.48. The number of carbonyl (C=O) groups excluding carboxylic acids is 11. The summed E-state index contributed by atoms with van der Waals surface area (Å²) in [4.78, 5) is 198. The fraction of sp³-hybridized carbons (Fsp3) is 0.473. The van der Waals surface area contributed by atoms with Gasteiger partial charge < -0.3 is 75.7 Å². The van der Waals surface area contributed by atoms with Gasteiger partial charge in [-0.3, -0.25) is 102 Å². The van der Waals surface area contributed by atoms with Crippen molar-refractivity contribution in [2.75, 3.05) is 171 Å². The summed E-state index contributed by atoms with van der Waals surface area (Å²) < 4.78 is 22.3. The van der Waals surface area contributed by atoms with E-state index in [1.54, 1.807) is 30.3 Å². The maximum absolute atomic E-state index is 14.0. The number of pyridine rings is 2. The van der Waals surface area contributed by atoms with E-state index in [4.69, 9.17) is 29.8 Å². The van der Waals surface area contributed by atoms with Crippen molar-refractivity contribution < 1.29 is 81.6 Å². The summed E-state index contributed by atoms with van der Waals surface area (Å²) in [6.45, 7) is 34.5. The van der Waals surface area contributed by atoms with E-state index in [0.29, 0.717) is 91.4 Å². The van der Waals surface area contributed by atoms with Crippen molar-refractivity contribution in [2.24, 2.45) is 5.73 Å². The zero-order chi connectivity index (χ0) is 103. The van der Waals surface area contributed by atoms with Gasteiger partial charge in [0.05, 0.1) is 55.1 Å². The number of benzene rings is 6. The number of aryl methyl sites for hydroxylation is 4. The molecule has 11 N–H and O–H groups in total. The number of aliphatic carboxylic acids is 1. The lowest BCUT2D eigenvalue weighted by molar-refractivity contribution is -0.138. The van der Waals surface area contributed by atoms with Crippen LogP contribution in [0.5, 0.6) is 0 Å². The van der Waals surface area contributed by atoms with E-state index in [1.807, 2.05) is 65.8 Å². The summed E-state index contributed by atoms with van der Waals surface area (Å²) in [5.74, 6) is -5.66. The third-order valence-corrected chi connectivity index (χ3v) is 28.4. The minimum absolute atomic E-state index is 0. The van der Waals surface area contributed by atoms with Gasteiger partial charge in [0.15, 0.2) is 0 Å². The molecule has 2 aromatic heterocycles. The number of amides is 10. The molecule has 36 nitrogen and oxygen atoms in total. The predicted octanol–water partition coefficient (Wildman–Crippen LogP) is 9.90. The molecule has 6 aromatic carbocycles. The molecule has 10 amide bonds. The van der Waals surface area contributed by atoms with E-state index in [2.05, 4.69) is 146 Å². The number of ether oxygens (including phenoxy) is 4. The number of rotatable bonds is 40. The lowest BCUT2D eigenvalue weighted by atomic mass is 9.94. The minimum Gasteiger partial charge on any atom is -0.481 e. The molecule has 0 bridgehead atoms. The predicted molar refractivity (Wildman–Crippen MR) is 558 cm³/mol. The van der Waals surface area contributed by atoms with Gasteiger partial charge in [0, 0.05) is 238 Å². The molecule has 8 aliphatic rings. The standard InChI is InChI=1S/C55H68N8O9.C36H50N6O3.C18H19N3O7.CH4/c1-5-62(41-17-26-71-27-18-41)48-32-40(31-44(37(48)4)51(66)57-33-45-35(2)30-36(3)58-52(45)67)39-13-11-38(12-14-39)34-61-24-22-60(23-25-61)21-7-8-42(64)19-28-72-29-20-56-46-10-6-9-43-50(46)55(70)63(54(43)69)47-15-16-49(65)59-53(47)68;1-5-42(31-10-18-45-19-11-31)34-22-30(29-8-6-28(7-9-29)24-41-16-14-40(13-12-37)15-17-41)21-32(27(34)4)35(43)38-23-33-25(2)20-26(3)39-36(33)44;22-13-5-4-12(16(25)20-13)21-17(26)10-2-1-3-11(15(10)18(21)27)19-7-9-28-8-6-14(23)24;/h6,9-14,30-32,41,47,56H,5,7-8,15-29,33-34H2,1-4H3,(H,57,66)(H,58,67)(H,59,65,68);6-9,20-22,31H,5,10-19,23-24,37H2,1-4H3,(H,38,43)(H,39,44);1-3,12,19H,4-9H2,(H,23,24)(H,20,22,25);1H4. The van der Waals surface area contributed by atoms with Crippen molar-refractivity contribution in [1.82, 2.24) is 60.6 Å². The van der Waals surface area contributed by atoms with Gasteiger partial charge in [-0.25, -0.2) is 0 Å². The Bertz CT molecular complexity index is 6170. The number of nitrogens with two attached hydrogens (primary N) is 1. The first kappa shape index (κ1) is 110. The monoisotopic (exact) mass is 2000 g/mol. The summed E-state index contributed by atoms with van der Waals surface area (Å²) in [6, 6.07) is 38.0. The summed E-state index contributed by atoms with van der Waals surface area (Å²) in [5, 5.41) is 25.2. The fourth-order valence-electron chi connectivity index (χ4n) is 20.4. The lowest BCUT2D eigenvalue weighted by Crippen LogP contribution is -2.54. The van der Waals surface area contributed by atoms with Crippen molar-refractivity contribution in [1.29, 1.82) is 0 Å². The van der Waals surface area contributed by atoms with E-state index in [-0.39, 0.29) is 130 Å². The number of carboxylic acid groups (broad SMARTS) is 1. The molecule has 6 saturated heterocycles. The fourth-order valence-corrected chi connectivity index (χ4v) is 20.4. The number of aromatic nitrogens is 2. The molecule has 2 atom stereocenters. The highest BCUT2D eigenvalue weighted by Crippen LogP contribution is 2.40. The van der Waals surface area contributed by atoms with Crippen LogP contribution in [0.1, 0.15) is 216 Å². The quantitative estimate of drug-likeness (QED) is 0.0126. The van der Waals surface area contributed by atoms with Crippen LogP contribution in [0.15, 0.2) is 131 Å². The number of Topliss-reactive ketones (excluding diaryl/α,β-unsaturated/α-hetero) is 1. The molecule has 8 aliphatic heterocycles. The van der Waals surface area contributed by atoms with E-state index in [0.717, 1.165) is 214 Å². The Morgan fingerprint density at radius 2 is 0.863 bits per heavy atom. The molecule has 0 aliphatic carbocycles. The Hall–Kier alpha value is -13.3. The van der Waals surface area contributed by atoms with E-state index in [9.17, 15) is 67.1 Å². The number of nitrogens with zero attached hydrogens (tertiary/aromatic N) is 8. The van der Waals surface area contributed by atoms with E-state index < -0.39 is 65.3 Å². The number of fused-ring (bicyclic) bond motifs is 2. The Morgan fingerprint density at radius 3 is 1.25 bits per heavy atom. The van der Waals surface area contributed by atoms with Gasteiger partial charge in [0.1, 0.15) is 17.9 Å². The number of anilines is 4. The molecule has 0 saturated carbocycles. The number of aromatic amines is 2. The van der Waals surface area contributed by atoms with Crippen LogP contribution in [-0.4, -0.2) is 290 Å². The molecule has 2 unspecified atom stereocenters. The van der Waals surface area contributed by atoms with Gasteiger partial charge in [-0.05, 0) is 223 Å². The molecule has 16 rings (SSSR count). The van der Waals surface area contributed by atoms with Crippen LogP contribution >= 0.6 is 0 Å². The van der Waals surface area contributed by atoms with Crippen LogP contribution < -0.4 is 58.6 Å². The summed E-state index contributed by atoms with van der Waals surface area (Å²) in [7, 11) is 0. The molecule has 146 heavy (non-hydrogen) atoms. The molecular weight excluding hydrogens is 1860 g/mol. The third kappa shape index (κ3) is 27.7. The van der Waals surface area contributed by atoms with Gasteiger partial charge in [-0.15, -0.1) is 0 Å². The second-order valence-corrected chi connectivity index (χ2v) is 38.2. The van der Waals surface area contributed by atoms with Crippen LogP contribution in [0, 0.1) is 41.5 Å². The number of piperazine rings is 2. The van der Waals surface area contributed by atoms with Crippen molar-refractivity contribution in [3.63, 3.8) is 0 Å². The maximum atomic E-state index is 14.0. The number of ketones is 1. The molecule has 10 heterocycles. The van der Waals surface area contributed by atoms with Gasteiger partial charge in [0.25, 0.3) is 46.6 Å². The number of hydrogen-bond donors (Lipinski definition) is 10. The van der Waals surface area contributed by atoms with Crippen LogP contribution in [0.4, 0.5) is 22.7 Å². The zero-order valence-electron chi connectivity index (χ0n) is 84.4. The summed E-state index contributed by atoms with van der Waals surface area (Å²) in [5.41, 5.74) is 23.2. The number of nitrogens with one attached hydrogen (secondary N) is 8. The van der Waals surface area contributed by atoms with Crippen molar-refractivity contribution >= 4 is 93.6 Å². The number of imide groups is 4. The highest BCUT2D eigenvalue weighted by atomic mass is 16.5. The van der Waals surface area contributed by atoms with Gasteiger partial charge >= 0.3 is 5.97 Å². The maximum Gasteiger partial charge on any atom is 0.305 e. The van der Waals surface area contributed by atoms with E-state index in [1.165, 1.54) is 17.2 Å². The molecule has 0 spiro atoms. The number of hydrogen-bond acceptors (Lipinski definition) is 27. The zero-order valence-corrected chi connectivity index (χ0v) is 84.4. The number of piperidine rings is 2. The topological polar surface area (TPSA) is 452 Å². The van der Waals surface area contributed by atoms with Gasteiger partial charge in [-0.2, -0.15) is 0 Å². The molecule has 780 valence electrons. The lowest BCUT2D eigenvalue weighted by Gasteiger charge is -2.37. The molecule has 8 aromatic rings. The van der Waals surface area contributed by atoms with Gasteiger partial charge in [0.2, 0.25) is 23.6 Å². The van der Waals surface area contributed by atoms with Crippen LogP contribution in [0.25, 0.3) is 22.3 Å². The van der Waals surface area contributed by atoms with Crippen molar-refractivity contribution in [3.05, 3.63) is 231 Å². The van der Waals surface area contributed by atoms with Crippen LogP contribution in [0.3, 0.4) is 0 Å². The molecule has 36 heteroatoms.